The van der Waals surface area contributed by atoms with Gasteiger partial charge in [0.05, 0.1) is 18.0 Å². The molecule has 0 aromatic heterocycles. The van der Waals surface area contributed by atoms with Crippen LogP contribution in [0.2, 0.25) is 0 Å². The standard InChI is InChI=1S/C20H28N4O3S/c1-27-16-11-7-6-10-15(16)24(19(21)26)13-12-17-18(25)23-20(28-17)22-14-8-4-2-3-5-9-14/h6-7,10-11,14,17H,2-5,8-9,12-13H2,1H3,(H2,21,26)(H,22,23,25). The second-order valence-corrected chi connectivity index (χ2v) is 8.34. The number of hydrogen-bond donors (Lipinski definition) is 2. The zero-order valence-electron chi connectivity index (χ0n) is 16.2. The van der Waals surface area contributed by atoms with E-state index < -0.39 is 6.03 Å². The Hall–Kier alpha value is -2.22. The number of anilines is 1. The summed E-state index contributed by atoms with van der Waals surface area (Å²) in [7, 11) is 1.55. The van der Waals surface area contributed by atoms with Gasteiger partial charge in [-0.3, -0.25) is 9.69 Å². The first-order valence-corrected chi connectivity index (χ1v) is 10.7. The highest BCUT2D eigenvalue weighted by Crippen LogP contribution is 2.30. The van der Waals surface area contributed by atoms with Gasteiger partial charge in [0.2, 0.25) is 0 Å². The summed E-state index contributed by atoms with van der Waals surface area (Å²) in [5, 5.41) is 3.86. The number of primary amides is 1. The van der Waals surface area contributed by atoms with Gasteiger partial charge >= 0.3 is 6.03 Å². The number of methoxy groups -OCH3 is 1. The molecular formula is C20H28N4O3S. The van der Waals surface area contributed by atoms with Crippen molar-refractivity contribution < 1.29 is 14.3 Å². The lowest BCUT2D eigenvalue weighted by Gasteiger charge is -2.23. The monoisotopic (exact) mass is 404 g/mol. The lowest BCUT2D eigenvalue weighted by atomic mass is 10.1. The normalized spacial score (nSPS) is 20.4. The Labute approximate surface area is 170 Å². The third-order valence-electron chi connectivity index (χ3n) is 5.18. The van der Waals surface area contributed by atoms with Gasteiger partial charge in [-0.15, -0.1) is 0 Å². The van der Waals surface area contributed by atoms with Gasteiger partial charge in [0, 0.05) is 12.6 Å². The molecule has 7 nitrogen and oxygen atoms in total. The minimum atomic E-state index is -0.572. The van der Waals surface area contributed by atoms with Crippen molar-refractivity contribution in [1.29, 1.82) is 0 Å². The zero-order chi connectivity index (χ0) is 19.9. The fraction of sp³-hybridized carbons (Fsp3) is 0.550. The summed E-state index contributed by atoms with van der Waals surface area (Å²) in [5.74, 6) is 0.421. The van der Waals surface area contributed by atoms with Crippen molar-refractivity contribution in [2.24, 2.45) is 10.7 Å². The number of nitrogens with two attached hydrogens (primary N) is 1. The molecule has 1 aliphatic heterocycles. The molecule has 2 aliphatic rings. The first-order valence-electron chi connectivity index (χ1n) is 9.84. The summed E-state index contributed by atoms with van der Waals surface area (Å²) in [5.41, 5.74) is 6.18. The van der Waals surface area contributed by atoms with E-state index in [1.54, 1.807) is 19.2 Å². The van der Waals surface area contributed by atoms with E-state index in [2.05, 4.69) is 10.3 Å². The summed E-state index contributed by atoms with van der Waals surface area (Å²) in [6.07, 6.45) is 7.74. The molecule has 1 heterocycles. The van der Waals surface area contributed by atoms with Crippen molar-refractivity contribution in [2.45, 2.75) is 56.2 Å². The number of rotatable bonds is 6. The zero-order valence-corrected chi connectivity index (χ0v) is 17.0. The van der Waals surface area contributed by atoms with Gasteiger partial charge in [0.25, 0.3) is 5.91 Å². The van der Waals surface area contributed by atoms with Crippen LogP contribution in [0.3, 0.4) is 0 Å². The smallest absolute Gasteiger partial charge is 0.319 e. The van der Waals surface area contributed by atoms with Gasteiger partial charge in [0.1, 0.15) is 5.75 Å². The van der Waals surface area contributed by atoms with Crippen LogP contribution >= 0.6 is 11.8 Å². The molecule has 0 bridgehead atoms. The summed E-state index contributed by atoms with van der Waals surface area (Å²) in [6, 6.07) is 7.04. The number of nitrogens with zero attached hydrogens (tertiary/aromatic N) is 2. The van der Waals surface area contributed by atoms with Gasteiger partial charge in [-0.1, -0.05) is 49.6 Å². The van der Waals surface area contributed by atoms with Crippen LogP contribution in [-0.4, -0.2) is 42.1 Å². The van der Waals surface area contributed by atoms with Crippen molar-refractivity contribution in [1.82, 2.24) is 5.32 Å². The van der Waals surface area contributed by atoms with E-state index in [-0.39, 0.29) is 11.2 Å². The molecule has 3 N–H and O–H groups in total. The average molecular weight is 405 g/mol. The van der Waals surface area contributed by atoms with Crippen LogP contribution in [0.25, 0.3) is 0 Å². The number of amides is 3. The van der Waals surface area contributed by atoms with Crippen molar-refractivity contribution in [3.8, 4) is 5.75 Å². The van der Waals surface area contributed by atoms with E-state index in [4.69, 9.17) is 10.5 Å². The van der Waals surface area contributed by atoms with E-state index in [9.17, 15) is 9.59 Å². The summed E-state index contributed by atoms with van der Waals surface area (Å²) in [4.78, 5) is 29.9. The van der Waals surface area contributed by atoms with Crippen LogP contribution in [0, 0.1) is 0 Å². The first kappa shape index (κ1) is 20.5. The van der Waals surface area contributed by atoms with Crippen LogP contribution in [0.4, 0.5) is 10.5 Å². The van der Waals surface area contributed by atoms with Crippen LogP contribution in [0.15, 0.2) is 29.3 Å². The molecule has 0 radical (unpaired) electrons. The highest BCUT2D eigenvalue weighted by atomic mass is 32.2. The van der Waals surface area contributed by atoms with Gasteiger partial charge < -0.3 is 15.8 Å². The maximum absolute atomic E-state index is 12.3. The third-order valence-corrected chi connectivity index (χ3v) is 6.33. The van der Waals surface area contributed by atoms with E-state index in [1.807, 2.05) is 12.1 Å². The second-order valence-electron chi connectivity index (χ2n) is 7.14. The largest absolute Gasteiger partial charge is 0.495 e. The van der Waals surface area contributed by atoms with Crippen molar-refractivity contribution >= 4 is 34.6 Å². The molecule has 28 heavy (non-hydrogen) atoms. The fourth-order valence-corrected chi connectivity index (χ4v) is 4.70. The minimum absolute atomic E-state index is 0.148. The Kier molecular flexibility index (Phi) is 7.19. The van der Waals surface area contributed by atoms with E-state index in [1.165, 1.54) is 42.3 Å². The maximum atomic E-state index is 12.3. The van der Waals surface area contributed by atoms with E-state index in [0.717, 1.165) is 12.8 Å². The molecular weight excluding hydrogens is 376 g/mol. The van der Waals surface area contributed by atoms with E-state index >= 15 is 0 Å². The Morgan fingerprint density at radius 3 is 2.68 bits per heavy atom. The van der Waals surface area contributed by atoms with Crippen LogP contribution in [-0.2, 0) is 4.79 Å². The average Bonchev–Trinajstić information content (AvgIpc) is 2.86. The molecule has 0 spiro atoms. The van der Waals surface area contributed by atoms with Crippen molar-refractivity contribution in [2.75, 3.05) is 18.6 Å². The molecule has 1 fully saturated rings. The minimum Gasteiger partial charge on any atom is -0.495 e. The molecule has 152 valence electrons. The quantitative estimate of drug-likeness (QED) is 0.709. The molecule has 0 saturated heterocycles. The maximum Gasteiger partial charge on any atom is 0.319 e. The number of thioether (sulfide) groups is 1. The predicted molar refractivity (Wildman–Crippen MR) is 113 cm³/mol. The number of ether oxygens (including phenoxy) is 1. The molecule has 1 atom stereocenters. The lowest BCUT2D eigenvalue weighted by molar-refractivity contribution is -0.117. The topological polar surface area (TPSA) is 97.0 Å². The number of amidine groups is 1. The molecule has 8 heteroatoms. The number of carbonyl (C=O) groups is 2. The number of hydrogen-bond acceptors (Lipinski definition) is 5. The predicted octanol–water partition coefficient (Wildman–Crippen LogP) is 3.28. The number of urea groups is 1. The molecule has 3 amide bonds. The summed E-state index contributed by atoms with van der Waals surface area (Å²) >= 11 is 1.46. The Balaban J connectivity index is 1.57. The van der Waals surface area contributed by atoms with Gasteiger partial charge in [-0.2, -0.15) is 4.99 Å². The van der Waals surface area contributed by atoms with Crippen molar-refractivity contribution in [3.05, 3.63) is 24.3 Å². The number of para-hydroxylation sites is 2. The second kappa shape index (κ2) is 9.82. The third kappa shape index (κ3) is 5.19. The number of aliphatic imine (C=N–C) groups is 1. The summed E-state index contributed by atoms with van der Waals surface area (Å²) < 4.78 is 5.33. The molecule has 1 saturated carbocycles. The van der Waals surface area contributed by atoms with Crippen LogP contribution < -0.4 is 20.7 Å². The first-order chi connectivity index (χ1) is 13.6. The molecule has 1 aliphatic carbocycles. The SMILES string of the molecule is COc1ccccc1N(CCC1SC(NC2CCCCCC2)=NC1=O)C(N)=O. The number of carbonyl (C=O) groups excluding carboxylic acids is 2. The van der Waals surface area contributed by atoms with Crippen molar-refractivity contribution in [3.63, 3.8) is 0 Å². The van der Waals surface area contributed by atoms with Crippen LogP contribution in [0.1, 0.15) is 44.9 Å². The number of nitrogens with one attached hydrogen (secondary N) is 1. The highest BCUT2D eigenvalue weighted by Gasteiger charge is 2.31. The summed E-state index contributed by atoms with van der Waals surface area (Å²) in [6.45, 7) is 0.325. The Bertz CT molecular complexity index is 732. The fourth-order valence-electron chi connectivity index (χ4n) is 3.68. The van der Waals surface area contributed by atoms with E-state index in [0.29, 0.717) is 35.6 Å². The van der Waals surface area contributed by atoms with Crippen LogP contribution in [0.5, 0.6) is 5.75 Å². The number of benzene rings is 1. The molecule has 1 aromatic rings. The Morgan fingerprint density at radius 2 is 2.00 bits per heavy atom. The van der Waals surface area contributed by atoms with Gasteiger partial charge in [0.15, 0.2) is 5.17 Å². The molecule has 3 rings (SSSR count). The molecule has 1 unspecified atom stereocenters. The Morgan fingerprint density at radius 1 is 1.29 bits per heavy atom. The highest BCUT2D eigenvalue weighted by molar-refractivity contribution is 8.15. The van der Waals surface area contributed by atoms with Gasteiger partial charge in [-0.25, -0.2) is 4.79 Å². The molecule has 1 aromatic carbocycles. The lowest BCUT2D eigenvalue weighted by Crippen LogP contribution is -2.38. The van der Waals surface area contributed by atoms with Gasteiger partial charge in [-0.05, 0) is 31.4 Å².